The molecule has 0 radical (unpaired) electrons. The molecule has 3 fully saturated rings. The average molecular weight is 395 g/mol. The number of fused-ring (bicyclic) bond motifs is 5. The molecule has 3 saturated carbocycles. The molecule has 0 bridgehead atoms. The molecule has 0 amide bonds. The zero-order valence-corrected chi connectivity index (χ0v) is 18.3. The van der Waals surface area contributed by atoms with Crippen LogP contribution in [0.25, 0.3) is 0 Å². The number of aromatic nitrogens is 2. The molecular formula is C26H38N2O. The second-order valence-corrected chi connectivity index (χ2v) is 10.9. The fraction of sp³-hybridized carbons (Fsp3) is 0.731. The molecule has 0 saturated heterocycles. The van der Waals surface area contributed by atoms with Gasteiger partial charge in [0.25, 0.3) is 0 Å². The normalized spacial score (nSPS) is 43.8. The second-order valence-electron chi connectivity index (χ2n) is 10.9. The van der Waals surface area contributed by atoms with Crippen LogP contribution >= 0.6 is 0 Å². The van der Waals surface area contributed by atoms with Crippen molar-refractivity contribution in [2.24, 2.45) is 35.0 Å². The van der Waals surface area contributed by atoms with E-state index in [0.717, 1.165) is 49.5 Å². The molecule has 7 atom stereocenters. The lowest BCUT2D eigenvalue weighted by Crippen LogP contribution is -2.47. The molecule has 1 aromatic heterocycles. The minimum Gasteiger partial charge on any atom is -0.390 e. The Morgan fingerprint density at radius 1 is 1.24 bits per heavy atom. The van der Waals surface area contributed by atoms with Gasteiger partial charge in [-0.15, -0.1) is 0 Å². The molecule has 1 heterocycles. The maximum absolute atomic E-state index is 10.8. The van der Waals surface area contributed by atoms with Crippen LogP contribution in [0.1, 0.15) is 71.6 Å². The van der Waals surface area contributed by atoms with Crippen molar-refractivity contribution in [1.29, 1.82) is 0 Å². The molecule has 0 unspecified atom stereocenters. The summed E-state index contributed by atoms with van der Waals surface area (Å²) in [5.41, 5.74) is 2.97. The molecule has 29 heavy (non-hydrogen) atoms. The molecule has 4 aliphatic rings. The maximum Gasteiger partial charge on any atom is 0.0682 e. The van der Waals surface area contributed by atoms with Crippen LogP contribution in [0.4, 0.5) is 0 Å². The van der Waals surface area contributed by atoms with E-state index in [2.05, 4.69) is 37.8 Å². The number of nitrogens with zero attached hydrogens (tertiary/aromatic N) is 2. The van der Waals surface area contributed by atoms with E-state index in [-0.39, 0.29) is 0 Å². The monoisotopic (exact) mass is 394 g/mol. The second kappa shape index (κ2) is 7.11. The SMILES string of the molecule is C=C(Cn1cccn1)[C@H]1CC[C@H]2[C@@H]3CC=C4C[C@@](O)(CC)CC[C@@H]4[C@H]3CC[C@]12C. The van der Waals surface area contributed by atoms with Crippen LogP contribution < -0.4 is 0 Å². The average Bonchev–Trinajstić information content (AvgIpc) is 3.34. The Labute approximate surface area is 176 Å². The van der Waals surface area contributed by atoms with E-state index in [4.69, 9.17) is 0 Å². The predicted molar refractivity (Wildman–Crippen MR) is 117 cm³/mol. The molecule has 1 N–H and O–H groups in total. The van der Waals surface area contributed by atoms with E-state index in [1.165, 1.54) is 44.1 Å². The van der Waals surface area contributed by atoms with Crippen molar-refractivity contribution in [2.75, 3.05) is 0 Å². The summed E-state index contributed by atoms with van der Waals surface area (Å²) in [4.78, 5) is 0. The van der Waals surface area contributed by atoms with Crippen LogP contribution in [0.2, 0.25) is 0 Å². The van der Waals surface area contributed by atoms with Gasteiger partial charge in [0.1, 0.15) is 0 Å². The smallest absolute Gasteiger partial charge is 0.0682 e. The Morgan fingerprint density at radius 3 is 2.86 bits per heavy atom. The molecule has 1 aromatic rings. The molecule has 4 aliphatic carbocycles. The summed E-state index contributed by atoms with van der Waals surface area (Å²) >= 11 is 0. The van der Waals surface area contributed by atoms with Gasteiger partial charge in [-0.3, -0.25) is 4.68 Å². The first-order valence-electron chi connectivity index (χ1n) is 12.0. The molecule has 0 aliphatic heterocycles. The largest absolute Gasteiger partial charge is 0.390 e. The van der Waals surface area contributed by atoms with Gasteiger partial charge in [0.2, 0.25) is 0 Å². The summed E-state index contributed by atoms with van der Waals surface area (Å²) in [6, 6.07) is 2.01. The van der Waals surface area contributed by atoms with E-state index in [1.807, 2.05) is 16.9 Å². The van der Waals surface area contributed by atoms with Crippen molar-refractivity contribution in [2.45, 2.75) is 83.8 Å². The molecule has 0 aromatic carbocycles. The standard InChI is InChI=1S/C26H38N2O/c1-4-26(29)13-11-20-19(16-26)6-7-22-21(20)10-12-25(3)23(8-9-24(22)25)18(2)17-28-15-5-14-27-28/h5-6,14-15,20-24,29H,2,4,7-13,16-17H2,1,3H3/t20-,21+,22+,23+,24-,25+,26+/m0/s1. The number of rotatable bonds is 4. The van der Waals surface area contributed by atoms with Crippen molar-refractivity contribution in [3.63, 3.8) is 0 Å². The Kier molecular flexibility index (Phi) is 4.81. The number of hydrogen-bond acceptors (Lipinski definition) is 2. The molecule has 0 spiro atoms. The lowest BCUT2D eigenvalue weighted by atomic mass is 9.51. The van der Waals surface area contributed by atoms with Crippen molar-refractivity contribution in [3.8, 4) is 0 Å². The summed E-state index contributed by atoms with van der Waals surface area (Å²) in [6.45, 7) is 10.1. The first-order chi connectivity index (χ1) is 13.9. The highest BCUT2D eigenvalue weighted by Gasteiger charge is 2.56. The fourth-order valence-electron chi connectivity index (χ4n) is 8.05. The third-order valence-electron chi connectivity index (χ3n) is 9.67. The minimum absolute atomic E-state index is 0.412. The van der Waals surface area contributed by atoms with Crippen molar-refractivity contribution in [3.05, 3.63) is 42.3 Å². The van der Waals surface area contributed by atoms with Crippen LogP contribution in [-0.2, 0) is 6.54 Å². The highest BCUT2D eigenvalue weighted by molar-refractivity contribution is 5.23. The summed E-state index contributed by atoms with van der Waals surface area (Å²) in [5, 5.41) is 15.3. The Balaban J connectivity index is 1.34. The van der Waals surface area contributed by atoms with E-state index < -0.39 is 5.60 Å². The third kappa shape index (κ3) is 3.15. The van der Waals surface area contributed by atoms with Crippen molar-refractivity contribution >= 4 is 0 Å². The van der Waals surface area contributed by atoms with Crippen LogP contribution in [0.5, 0.6) is 0 Å². The Bertz CT molecular complexity index is 796. The van der Waals surface area contributed by atoms with Crippen LogP contribution in [-0.4, -0.2) is 20.5 Å². The van der Waals surface area contributed by atoms with Gasteiger partial charge in [-0.1, -0.05) is 37.6 Å². The Morgan fingerprint density at radius 2 is 2.10 bits per heavy atom. The van der Waals surface area contributed by atoms with E-state index in [1.54, 1.807) is 5.57 Å². The van der Waals surface area contributed by atoms with Crippen LogP contribution in [0, 0.1) is 35.0 Å². The number of hydrogen-bond donors (Lipinski definition) is 1. The number of allylic oxidation sites excluding steroid dienone is 2. The summed E-state index contributed by atoms with van der Waals surface area (Å²) in [7, 11) is 0. The molecule has 3 nitrogen and oxygen atoms in total. The van der Waals surface area contributed by atoms with E-state index >= 15 is 0 Å². The molecule has 158 valence electrons. The fourth-order valence-corrected chi connectivity index (χ4v) is 8.05. The van der Waals surface area contributed by atoms with Gasteiger partial charge in [0, 0.05) is 12.4 Å². The highest BCUT2D eigenvalue weighted by Crippen LogP contribution is 2.64. The summed E-state index contributed by atoms with van der Waals surface area (Å²) in [5.74, 6) is 3.92. The zero-order chi connectivity index (χ0) is 20.2. The van der Waals surface area contributed by atoms with Crippen molar-refractivity contribution in [1.82, 2.24) is 9.78 Å². The van der Waals surface area contributed by atoms with Gasteiger partial charge in [-0.05, 0) is 98.9 Å². The minimum atomic E-state index is -0.430. The van der Waals surface area contributed by atoms with Gasteiger partial charge in [0.05, 0.1) is 12.1 Å². The van der Waals surface area contributed by atoms with Gasteiger partial charge < -0.3 is 5.11 Å². The lowest BCUT2D eigenvalue weighted by molar-refractivity contribution is -0.0369. The van der Waals surface area contributed by atoms with Gasteiger partial charge in [-0.25, -0.2) is 0 Å². The predicted octanol–water partition coefficient (Wildman–Crippen LogP) is 5.77. The highest BCUT2D eigenvalue weighted by atomic mass is 16.3. The first kappa shape index (κ1) is 19.6. The molecule has 3 heteroatoms. The maximum atomic E-state index is 10.8. The number of aliphatic hydroxyl groups is 1. The van der Waals surface area contributed by atoms with Crippen molar-refractivity contribution < 1.29 is 5.11 Å². The zero-order valence-electron chi connectivity index (χ0n) is 18.3. The molecular weight excluding hydrogens is 356 g/mol. The van der Waals surface area contributed by atoms with Gasteiger partial charge >= 0.3 is 0 Å². The Hall–Kier alpha value is -1.35. The third-order valence-corrected chi connectivity index (χ3v) is 9.67. The topological polar surface area (TPSA) is 38.0 Å². The van der Waals surface area contributed by atoms with E-state index in [9.17, 15) is 5.11 Å². The summed E-state index contributed by atoms with van der Waals surface area (Å²) < 4.78 is 2.04. The van der Waals surface area contributed by atoms with Crippen LogP contribution in [0.15, 0.2) is 42.3 Å². The lowest BCUT2D eigenvalue weighted by Gasteiger charge is -2.54. The van der Waals surface area contributed by atoms with E-state index in [0.29, 0.717) is 11.3 Å². The molecule has 5 rings (SSSR count). The van der Waals surface area contributed by atoms with Crippen LogP contribution in [0.3, 0.4) is 0 Å². The quantitative estimate of drug-likeness (QED) is 0.658. The van der Waals surface area contributed by atoms with Gasteiger partial charge in [0.15, 0.2) is 0 Å². The van der Waals surface area contributed by atoms with Gasteiger partial charge in [-0.2, -0.15) is 5.10 Å². The first-order valence-corrected chi connectivity index (χ1v) is 12.0. The summed E-state index contributed by atoms with van der Waals surface area (Å²) in [6.07, 6.45) is 17.2.